The van der Waals surface area contributed by atoms with Crippen molar-refractivity contribution in [3.8, 4) is 0 Å². The molecule has 82 valence electrons. The topological polar surface area (TPSA) is 3.24 Å². The maximum atomic E-state index is 3.94. The minimum Gasteiger partial charge on any atom is -0.302 e. The van der Waals surface area contributed by atoms with E-state index in [0.29, 0.717) is 0 Å². The van der Waals surface area contributed by atoms with E-state index in [-0.39, 0.29) is 0 Å². The van der Waals surface area contributed by atoms with Gasteiger partial charge in [-0.3, -0.25) is 0 Å². The molecule has 0 N–H and O–H groups in total. The molecule has 0 radical (unpaired) electrons. The van der Waals surface area contributed by atoms with Gasteiger partial charge in [0.05, 0.1) is 0 Å². The lowest BCUT2D eigenvalue weighted by Gasteiger charge is -2.13. The maximum absolute atomic E-state index is 3.94. The van der Waals surface area contributed by atoms with E-state index < -0.39 is 0 Å². The van der Waals surface area contributed by atoms with Gasteiger partial charge in [0.1, 0.15) is 0 Å². The first-order valence-corrected chi connectivity index (χ1v) is 6.45. The van der Waals surface area contributed by atoms with Crippen molar-refractivity contribution in [1.29, 1.82) is 0 Å². The number of likely N-dealkylation sites (N-methyl/N-ethyl adjacent to an activating group) is 1. The third kappa shape index (κ3) is 1.41. The van der Waals surface area contributed by atoms with Crippen molar-refractivity contribution in [3.05, 3.63) is 40.8 Å². The summed E-state index contributed by atoms with van der Waals surface area (Å²) in [6.45, 7) is 6.14. The summed E-state index contributed by atoms with van der Waals surface area (Å²) in [5, 5.41) is 1.49. The average molecular weight is 229 g/mol. The molecule has 0 bridgehead atoms. The zero-order valence-electron chi connectivity index (χ0n) is 9.49. The second-order valence-corrected chi connectivity index (χ2v) is 5.51. The Morgan fingerprint density at radius 3 is 3.12 bits per heavy atom. The van der Waals surface area contributed by atoms with E-state index in [1.165, 1.54) is 26.1 Å². The standard InChI is InChI=1S/C14H15NS/c1-3-12-11-9-15(2)8-7-10-5-4-6-13(16-12)14(10)11/h3-6H,1,7-9H2,2H3. The van der Waals surface area contributed by atoms with Gasteiger partial charge in [0.25, 0.3) is 0 Å². The molecule has 0 saturated heterocycles. The molecule has 2 heterocycles. The largest absolute Gasteiger partial charge is 0.302 e. The van der Waals surface area contributed by atoms with Gasteiger partial charge in [-0.15, -0.1) is 11.3 Å². The summed E-state index contributed by atoms with van der Waals surface area (Å²) in [7, 11) is 2.20. The highest BCUT2D eigenvalue weighted by molar-refractivity contribution is 7.20. The van der Waals surface area contributed by atoms with Gasteiger partial charge in [0.15, 0.2) is 0 Å². The normalized spacial score (nSPS) is 16.3. The first kappa shape index (κ1) is 10.1. The van der Waals surface area contributed by atoms with Gasteiger partial charge in [0.2, 0.25) is 0 Å². The van der Waals surface area contributed by atoms with Gasteiger partial charge >= 0.3 is 0 Å². The molecule has 0 amide bonds. The Hall–Kier alpha value is -1.12. The summed E-state index contributed by atoms with van der Waals surface area (Å²) >= 11 is 1.87. The molecule has 1 aliphatic rings. The van der Waals surface area contributed by atoms with Crippen molar-refractivity contribution in [2.24, 2.45) is 0 Å². The van der Waals surface area contributed by atoms with Gasteiger partial charge in [-0.05, 0) is 30.7 Å². The fraction of sp³-hybridized carbons (Fsp3) is 0.286. The Bertz CT molecular complexity index is 553. The van der Waals surface area contributed by atoms with Crippen molar-refractivity contribution in [1.82, 2.24) is 4.90 Å². The van der Waals surface area contributed by atoms with Gasteiger partial charge < -0.3 is 4.90 Å². The Labute approximate surface area is 100 Å². The van der Waals surface area contributed by atoms with Gasteiger partial charge in [0, 0.05) is 28.1 Å². The van der Waals surface area contributed by atoms with E-state index in [4.69, 9.17) is 0 Å². The predicted molar refractivity (Wildman–Crippen MR) is 72.0 cm³/mol. The van der Waals surface area contributed by atoms with E-state index in [1.54, 1.807) is 0 Å². The van der Waals surface area contributed by atoms with E-state index in [2.05, 4.69) is 36.7 Å². The number of nitrogens with zero attached hydrogens (tertiary/aromatic N) is 1. The first-order valence-electron chi connectivity index (χ1n) is 5.64. The van der Waals surface area contributed by atoms with Gasteiger partial charge in [-0.25, -0.2) is 0 Å². The van der Waals surface area contributed by atoms with Crippen LogP contribution in [0.25, 0.3) is 16.2 Å². The van der Waals surface area contributed by atoms with E-state index in [0.717, 1.165) is 19.5 Å². The molecule has 1 aromatic carbocycles. The molecule has 0 unspecified atom stereocenters. The summed E-state index contributed by atoms with van der Waals surface area (Å²) in [5.74, 6) is 0. The Morgan fingerprint density at radius 2 is 2.31 bits per heavy atom. The molecule has 0 saturated carbocycles. The number of hydrogen-bond acceptors (Lipinski definition) is 2. The third-order valence-electron chi connectivity index (χ3n) is 3.31. The average Bonchev–Trinajstić information content (AvgIpc) is 2.55. The fourth-order valence-corrected chi connectivity index (χ4v) is 3.61. The quantitative estimate of drug-likeness (QED) is 0.723. The lowest BCUT2D eigenvalue weighted by atomic mass is 10.0. The number of thiophene rings is 1. The van der Waals surface area contributed by atoms with Gasteiger partial charge in [-0.2, -0.15) is 0 Å². The lowest BCUT2D eigenvalue weighted by Crippen LogP contribution is -2.18. The number of benzene rings is 1. The molecule has 3 rings (SSSR count). The van der Waals surface area contributed by atoms with Gasteiger partial charge in [-0.1, -0.05) is 24.8 Å². The molecule has 1 aromatic heterocycles. The first-order chi connectivity index (χ1) is 7.79. The molecule has 0 fully saturated rings. The van der Waals surface area contributed by atoms with Crippen LogP contribution in [0.2, 0.25) is 0 Å². The minimum absolute atomic E-state index is 1.05. The lowest BCUT2D eigenvalue weighted by molar-refractivity contribution is 0.337. The van der Waals surface area contributed by atoms with Crippen LogP contribution >= 0.6 is 11.3 Å². The van der Waals surface area contributed by atoms with Crippen molar-refractivity contribution >= 4 is 27.5 Å². The Morgan fingerprint density at radius 1 is 1.44 bits per heavy atom. The molecule has 1 nitrogen and oxygen atoms in total. The second-order valence-electron chi connectivity index (χ2n) is 4.43. The van der Waals surface area contributed by atoms with Crippen LogP contribution in [-0.4, -0.2) is 18.5 Å². The monoisotopic (exact) mass is 229 g/mol. The molecule has 0 aliphatic carbocycles. The predicted octanol–water partition coefficient (Wildman–Crippen LogP) is 3.53. The zero-order valence-corrected chi connectivity index (χ0v) is 10.3. The van der Waals surface area contributed by atoms with Crippen LogP contribution in [0.15, 0.2) is 24.8 Å². The highest BCUT2D eigenvalue weighted by Gasteiger charge is 2.18. The van der Waals surface area contributed by atoms with Crippen LogP contribution in [0.3, 0.4) is 0 Å². The van der Waals surface area contributed by atoms with E-state index >= 15 is 0 Å². The summed E-state index contributed by atoms with van der Waals surface area (Å²) in [4.78, 5) is 3.74. The van der Waals surface area contributed by atoms with Crippen LogP contribution in [0.5, 0.6) is 0 Å². The van der Waals surface area contributed by atoms with Crippen LogP contribution in [0, 0.1) is 0 Å². The summed E-state index contributed by atoms with van der Waals surface area (Å²) in [6, 6.07) is 6.67. The molecular weight excluding hydrogens is 214 g/mol. The van der Waals surface area contributed by atoms with E-state index in [9.17, 15) is 0 Å². The summed E-state index contributed by atoms with van der Waals surface area (Å²) < 4.78 is 1.41. The number of rotatable bonds is 1. The van der Waals surface area contributed by atoms with Crippen LogP contribution in [-0.2, 0) is 13.0 Å². The highest BCUT2D eigenvalue weighted by atomic mass is 32.1. The zero-order chi connectivity index (χ0) is 11.1. The van der Waals surface area contributed by atoms with Crippen LogP contribution < -0.4 is 0 Å². The Balaban J connectivity index is 2.36. The molecule has 0 atom stereocenters. The van der Waals surface area contributed by atoms with Crippen molar-refractivity contribution in [3.63, 3.8) is 0 Å². The fourth-order valence-electron chi connectivity index (χ4n) is 2.50. The smallest absolute Gasteiger partial charge is 0.0355 e. The number of hydrogen-bond donors (Lipinski definition) is 0. The second kappa shape index (κ2) is 3.72. The SMILES string of the molecule is C=Cc1sc2cccc3c2c1CN(C)CC3. The molecule has 2 heteroatoms. The molecule has 16 heavy (non-hydrogen) atoms. The van der Waals surface area contributed by atoms with Crippen LogP contribution in [0.4, 0.5) is 0 Å². The summed E-state index contributed by atoms with van der Waals surface area (Å²) in [6.07, 6.45) is 3.16. The third-order valence-corrected chi connectivity index (χ3v) is 4.50. The summed E-state index contributed by atoms with van der Waals surface area (Å²) in [5.41, 5.74) is 2.98. The van der Waals surface area contributed by atoms with Crippen molar-refractivity contribution < 1.29 is 0 Å². The van der Waals surface area contributed by atoms with Crippen LogP contribution in [0.1, 0.15) is 16.0 Å². The Kier molecular flexibility index (Phi) is 2.34. The maximum Gasteiger partial charge on any atom is 0.0355 e. The van der Waals surface area contributed by atoms with E-state index in [1.807, 2.05) is 17.4 Å². The van der Waals surface area contributed by atoms with Crippen molar-refractivity contribution in [2.75, 3.05) is 13.6 Å². The molecular formula is C14H15NS. The minimum atomic E-state index is 1.05. The molecule has 2 aromatic rings. The molecule has 0 spiro atoms. The van der Waals surface area contributed by atoms with Crippen molar-refractivity contribution in [2.45, 2.75) is 13.0 Å². The highest BCUT2D eigenvalue weighted by Crippen LogP contribution is 2.36. The molecule has 1 aliphatic heterocycles.